The van der Waals surface area contributed by atoms with Crippen LogP contribution in [0.5, 0.6) is 0 Å². The lowest BCUT2D eigenvalue weighted by Gasteiger charge is -2.43. The van der Waals surface area contributed by atoms with Crippen LogP contribution in [0.1, 0.15) is 26.2 Å². The van der Waals surface area contributed by atoms with Crippen LogP contribution in [-0.4, -0.2) is 49.2 Å². The second-order valence-corrected chi connectivity index (χ2v) is 4.81. The molecule has 17 heavy (non-hydrogen) atoms. The number of hydrogen-bond donors (Lipinski definition) is 1. The summed E-state index contributed by atoms with van der Waals surface area (Å²) in [6.45, 7) is 3.50. The molecular formula is C13H22N2O2. The summed E-state index contributed by atoms with van der Waals surface area (Å²) in [5.74, 6) is 0.227. The van der Waals surface area contributed by atoms with Gasteiger partial charge in [0, 0.05) is 19.7 Å². The number of fused-ring (bicyclic) bond motifs is 1. The Balaban J connectivity index is 2.07. The number of piperazine rings is 1. The van der Waals surface area contributed by atoms with E-state index in [2.05, 4.69) is 24.4 Å². The van der Waals surface area contributed by atoms with Crippen LogP contribution in [0.4, 0.5) is 0 Å². The summed E-state index contributed by atoms with van der Waals surface area (Å²) in [5.41, 5.74) is 0. The van der Waals surface area contributed by atoms with Crippen molar-refractivity contribution in [2.24, 2.45) is 0 Å². The predicted molar refractivity (Wildman–Crippen MR) is 66.8 cm³/mol. The van der Waals surface area contributed by atoms with Crippen molar-refractivity contribution in [3.63, 3.8) is 0 Å². The van der Waals surface area contributed by atoms with Crippen molar-refractivity contribution in [3.05, 3.63) is 12.2 Å². The highest BCUT2D eigenvalue weighted by molar-refractivity contribution is 5.79. The number of ether oxygens (including phenoxy) is 1. The van der Waals surface area contributed by atoms with E-state index in [9.17, 15) is 4.79 Å². The van der Waals surface area contributed by atoms with E-state index in [1.54, 1.807) is 7.11 Å². The molecule has 0 aromatic heterocycles. The average molecular weight is 238 g/mol. The van der Waals surface area contributed by atoms with E-state index >= 15 is 0 Å². The number of carbonyl (C=O) groups excluding carboxylic acids is 1. The molecule has 1 heterocycles. The minimum atomic E-state index is 0.146. The first-order valence-corrected chi connectivity index (χ1v) is 6.50. The van der Waals surface area contributed by atoms with E-state index in [-0.39, 0.29) is 18.1 Å². The molecule has 1 fully saturated rings. The molecule has 1 N–H and O–H groups in total. The highest BCUT2D eigenvalue weighted by Gasteiger charge is 2.37. The molecular weight excluding hydrogens is 216 g/mol. The predicted octanol–water partition coefficient (Wildman–Crippen LogP) is 0.930. The Morgan fingerprint density at radius 3 is 3.06 bits per heavy atom. The third-order valence-electron chi connectivity index (χ3n) is 3.69. The Hall–Kier alpha value is -0.870. The topological polar surface area (TPSA) is 41.6 Å². The minimum absolute atomic E-state index is 0.146. The van der Waals surface area contributed by atoms with Crippen LogP contribution in [0.25, 0.3) is 0 Å². The SMILES string of the molecule is CCCCN1C(=O)CNC2C=CC(OC)CC21. The number of carbonyl (C=O) groups is 1. The van der Waals surface area contributed by atoms with Gasteiger partial charge in [0.15, 0.2) is 0 Å². The molecule has 1 saturated heterocycles. The summed E-state index contributed by atoms with van der Waals surface area (Å²) in [4.78, 5) is 14.0. The quantitative estimate of drug-likeness (QED) is 0.741. The van der Waals surface area contributed by atoms with E-state index in [1.807, 2.05) is 4.90 Å². The van der Waals surface area contributed by atoms with Crippen molar-refractivity contribution in [1.29, 1.82) is 0 Å². The number of methoxy groups -OCH3 is 1. The second-order valence-electron chi connectivity index (χ2n) is 4.81. The van der Waals surface area contributed by atoms with E-state index in [0.29, 0.717) is 12.6 Å². The van der Waals surface area contributed by atoms with Gasteiger partial charge in [-0.1, -0.05) is 25.5 Å². The van der Waals surface area contributed by atoms with Crippen LogP contribution < -0.4 is 5.32 Å². The molecule has 3 unspecified atom stereocenters. The Labute approximate surface area is 103 Å². The Morgan fingerprint density at radius 2 is 2.35 bits per heavy atom. The van der Waals surface area contributed by atoms with E-state index in [4.69, 9.17) is 4.74 Å². The monoisotopic (exact) mass is 238 g/mol. The lowest BCUT2D eigenvalue weighted by Crippen LogP contribution is -2.62. The van der Waals surface area contributed by atoms with Gasteiger partial charge >= 0.3 is 0 Å². The molecule has 0 aromatic carbocycles. The molecule has 0 bridgehead atoms. The van der Waals surface area contributed by atoms with Gasteiger partial charge in [-0.3, -0.25) is 4.79 Å². The maximum absolute atomic E-state index is 11.9. The summed E-state index contributed by atoms with van der Waals surface area (Å²) in [7, 11) is 1.73. The second kappa shape index (κ2) is 5.65. The van der Waals surface area contributed by atoms with E-state index < -0.39 is 0 Å². The van der Waals surface area contributed by atoms with Gasteiger partial charge in [0.05, 0.1) is 18.7 Å². The van der Waals surface area contributed by atoms with E-state index in [0.717, 1.165) is 25.8 Å². The van der Waals surface area contributed by atoms with Crippen LogP contribution in [0.15, 0.2) is 12.2 Å². The van der Waals surface area contributed by atoms with Crippen molar-refractivity contribution in [2.75, 3.05) is 20.2 Å². The summed E-state index contributed by atoms with van der Waals surface area (Å²) in [6, 6.07) is 0.564. The normalized spacial score (nSPS) is 32.7. The van der Waals surface area contributed by atoms with Crippen LogP contribution in [0, 0.1) is 0 Å². The maximum atomic E-state index is 11.9. The van der Waals surface area contributed by atoms with Gasteiger partial charge in [0.2, 0.25) is 5.91 Å². The number of nitrogens with one attached hydrogen (secondary N) is 1. The van der Waals surface area contributed by atoms with Crippen molar-refractivity contribution in [2.45, 2.75) is 44.4 Å². The van der Waals surface area contributed by atoms with Gasteiger partial charge in [0.25, 0.3) is 0 Å². The summed E-state index contributed by atoms with van der Waals surface area (Å²) >= 11 is 0. The Bertz CT molecular complexity index is 304. The van der Waals surface area contributed by atoms with Crippen LogP contribution in [-0.2, 0) is 9.53 Å². The fourth-order valence-corrected chi connectivity index (χ4v) is 2.65. The highest BCUT2D eigenvalue weighted by Crippen LogP contribution is 2.23. The fourth-order valence-electron chi connectivity index (χ4n) is 2.65. The molecule has 4 heteroatoms. The van der Waals surface area contributed by atoms with Crippen LogP contribution in [0.2, 0.25) is 0 Å². The van der Waals surface area contributed by atoms with Gasteiger partial charge < -0.3 is 15.0 Å². The number of hydrogen-bond acceptors (Lipinski definition) is 3. The summed E-state index contributed by atoms with van der Waals surface area (Å²) < 4.78 is 5.38. The smallest absolute Gasteiger partial charge is 0.236 e. The van der Waals surface area contributed by atoms with Gasteiger partial charge in [0.1, 0.15) is 0 Å². The zero-order chi connectivity index (χ0) is 12.3. The number of unbranched alkanes of at least 4 members (excludes halogenated alkanes) is 1. The first-order valence-electron chi connectivity index (χ1n) is 6.50. The summed E-state index contributed by atoms with van der Waals surface area (Å²) in [6.07, 6.45) is 7.50. The fraction of sp³-hybridized carbons (Fsp3) is 0.769. The lowest BCUT2D eigenvalue weighted by molar-refractivity contribution is -0.137. The minimum Gasteiger partial charge on any atom is -0.377 e. The zero-order valence-electron chi connectivity index (χ0n) is 10.7. The van der Waals surface area contributed by atoms with Gasteiger partial charge in [-0.2, -0.15) is 0 Å². The van der Waals surface area contributed by atoms with Crippen molar-refractivity contribution in [1.82, 2.24) is 10.2 Å². The third-order valence-corrected chi connectivity index (χ3v) is 3.69. The highest BCUT2D eigenvalue weighted by atomic mass is 16.5. The summed E-state index contributed by atoms with van der Waals surface area (Å²) in [5, 5.41) is 3.29. The standard InChI is InChI=1S/C13H22N2O2/c1-3-4-7-15-12-8-10(17-2)5-6-11(12)14-9-13(15)16/h5-6,10-12,14H,3-4,7-9H2,1-2H3. The molecule has 0 spiro atoms. The number of nitrogens with zero attached hydrogens (tertiary/aromatic N) is 1. The van der Waals surface area contributed by atoms with Crippen molar-refractivity contribution in [3.8, 4) is 0 Å². The van der Waals surface area contributed by atoms with Gasteiger partial charge in [-0.05, 0) is 12.8 Å². The number of amides is 1. The molecule has 0 saturated carbocycles. The maximum Gasteiger partial charge on any atom is 0.236 e. The largest absolute Gasteiger partial charge is 0.377 e. The van der Waals surface area contributed by atoms with Crippen molar-refractivity contribution >= 4 is 5.91 Å². The molecule has 4 nitrogen and oxygen atoms in total. The first-order chi connectivity index (χ1) is 8.26. The van der Waals surface area contributed by atoms with Crippen LogP contribution >= 0.6 is 0 Å². The Kier molecular flexibility index (Phi) is 4.18. The van der Waals surface area contributed by atoms with Crippen LogP contribution in [0.3, 0.4) is 0 Å². The molecule has 1 aliphatic carbocycles. The molecule has 2 aliphatic rings. The van der Waals surface area contributed by atoms with Gasteiger partial charge in [-0.25, -0.2) is 0 Å². The molecule has 0 radical (unpaired) electrons. The van der Waals surface area contributed by atoms with Crippen molar-refractivity contribution < 1.29 is 9.53 Å². The zero-order valence-corrected chi connectivity index (χ0v) is 10.7. The molecule has 1 amide bonds. The van der Waals surface area contributed by atoms with Gasteiger partial charge in [-0.15, -0.1) is 0 Å². The molecule has 96 valence electrons. The first kappa shape index (κ1) is 12.6. The molecule has 1 aliphatic heterocycles. The molecule has 3 atom stereocenters. The molecule has 0 aromatic rings. The average Bonchev–Trinajstić information content (AvgIpc) is 2.37. The molecule has 2 rings (SSSR count). The van der Waals surface area contributed by atoms with E-state index in [1.165, 1.54) is 0 Å². The lowest BCUT2D eigenvalue weighted by atomic mass is 9.91. The number of rotatable bonds is 4. The Morgan fingerprint density at radius 1 is 1.53 bits per heavy atom. The third kappa shape index (κ3) is 2.69.